The zero-order valence-corrected chi connectivity index (χ0v) is 12.6. The Morgan fingerprint density at radius 3 is 1.59 bits per heavy atom. The fourth-order valence-electron chi connectivity index (χ4n) is 1.66. The molecule has 2 fully saturated rings. The average molecular weight is 260 g/mol. The van der Waals surface area contributed by atoms with E-state index in [-0.39, 0.29) is 29.5 Å². The molecule has 0 aliphatic carbocycles. The summed E-state index contributed by atoms with van der Waals surface area (Å²) in [5.41, 5.74) is 0. The van der Waals surface area contributed by atoms with Crippen molar-refractivity contribution < 1.29 is 18.3 Å². The maximum absolute atomic E-state index is 6.12. The lowest BCUT2D eigenvalue weighted by Crippen LogP contribution is -2.41. The van der Waals surface area contributed by atoms with Crippen LogP contribution in [-0.2, 0) is 18.3 Å². The lowest BCUT2D eigenvalue weighted by molar-refractivity contribution is 0.0749. The number of hydrogen-bond acceptors (Lipinski definition) is 4. The van der Waals surface area contributed by atoms with Gasteiger partial charge in [-0.3, -0.25) is 0 Å². The van der Waals surface area contributed by atoms with Crippen LogP contribution in [0.4, 0.5) is 0 Å². The lowest BCUT2D eigenvalue weighted by Gasteiger charge is -2.32. The third-order valence-corrected chi connectivity index (χ3v) is 5.92. The van der Waals surface area contributed by atoms with Crippen molar-refractivity contribution in [1.29, 1.82) is 0 Å². The van der Waals surface area contributed by atoms with Crippen LogP contribution in [-0.4, -0.2) is 46.9 Å². The van der Waals surface area contributed by atoms with E-state index in [4.69, 9.17) is 18.3 Å². The first kappa shape index (κ1) is 13.5. The smallest absolute Gasteiger partial charge is 0.327 e. The number of epoxide rings is 2. The van der Waals surface area contributed by atoms with E-state index in [1.807, 2.05) is 0 Å². The Labute approximate surface area is 105 Å². The summed E-state index contributed by atoms with van der Waals surface area (Å²) >= 11 is 0. The van der Waals surface area contributed by atoms with Gasteiger partial charge in [0.15, 0.2) is 0 Å². The topological polar surface area (TPSA) is 43.5 Å². The predicted molar refractivity (Wildman–Crippen MR) is 67.4 cm³/mol. The van der Waals surface area contributed by atoms with Crippen LogP contribution in [0.15, 0.2) is 0 Å². The van der Waals surface area contributed by atoms with Crippen molar-refractivity contribution in [1.82, 2.24) is 0 Å². The molecular weight excluding hydrogens is 236 g/mol. The first-order chi connectivity index (χ1) is 7.88. The highest BCUT2D eigenvalue weighted by Crippen LogP contribution is 2.32. The SMILES string of the molecule is CC(O[SiH](OC(C)C1CO1)C(C)(C)C)C1CO1. The zero-order valence-electron chi connectivity index (χ0n) is 11.4. The Balaban J connectivity index is 1.87. The van der Waals surface area contributed by atoms with E-state index in [1.54, 1.807) is 0 Å². The number of rotatable bonds is 6. The minimum atomic E-state index is -1.73. The maximum Gasteiger partial charge on any atom is 0.327 e. The van der Waals surface area contributed by atoms with Gasteiger partial charge in [-0.1, -0.05) is 20.8 Å². The van der Waals surface area contributed by atoms with Gasteiger partial charge in [0, 0.05) is 5.04 Å². The molecular formula is C12H24O4Si. The zero-order chi connectivity index (χ0) is 12.6. The van der Waals surface area contributed by atoms with E-state index in [0.717, 1.165) is 13.2 Å². The van der Waals surface area contributed by atoms with Crippen LogP contribution < -0.4 is 0 Å². The minimum Gasteiger partial charge on any atom is -0.391 e. The van der Waals surface area contributed by atoms with Crippen molar-refractivity contribution >= 4 is 9.28 Å². The lowest BCUT2D eigenvalue weighted by atomic mass is 10.3. The Morgan fingerprint density at radius 1 is 1.00 bits per heavy atom. The fraction of sp³-hybridized carbons (Fsp3) is 1.00. The molecule has 4 unspecified atom stereocenters. The third kappa shape index (κ3) is 4.03. The standard InChI is InChI=1S/C12H24O4Si/c1-8(10-6-13-10)15-17(12(3,4)5)16-9(2)11-7-14-11/h8-11,17H,6-7H2,1-5H3. The summed E-state index contributed by atoms with van der Waals surface area (Å²) in [6.45, 7) is 12.4. The summed E-state index contributed by atoms with van der Waals surface area (Å²) in [6.07, 6.45) is 0.864. The molecule has 2 aliphatic heterocycles. The molecule has 2 aliphatic rings. The third-order valence-electron chi connectivity index (χ3n) is 3.15. The molecule has 0 N–H and O–H groups in total. The second-order valence-corrected chi connectivity index (χ2v) is 9.06. The second-order valence-electron chi connectivity index (χ2n) is 6.12. The van der Waals surface area contributed by atoms with Crippen molar-refractivity contribution in [2.24, 2.45) is 0 Å². The van der Waals surface area contributed by atoms with E-state index in [2.05, 4.69) is 34.6 Å². The van der Waals surface area contributed by atoms with Gasteiger partial charge in [-0.2, -0.15) is 0 Å². The minimum absolute atomic E-state index is 0.0896. The quantitative estimate of drug-likeness (QED) is 0.537. The van der Waals surface area contributed by atoms with Crippen LogP contribution in [0, 0.1) is 0 Å². The molecule has 4 atom stereocenters. The van der Waals surface area contributed by atoms with Crippen molar-refractivity contribution in [3.63, 3.8) is 0 Å². The molecule has 0 saturated carbocycles. The van der Waals surface area contributed by atoms with Gasteiger partial charge in [-0.25, -0.2) is 0 Å². The molecule has 0 spiro atoms. The Bertz CT molecular complexity index is 238. The highest BCUT2D eigenvalue weighted by atomic mass is 28.3. The Kier molecular flexibility index (Phi) is 3.95. The van der Waals surface area contributed by atoms with Gasteiger partial charge in [0.2, 0.25) is 0 Å². The van der Waals surface area contributed by atoms with Gasteiger partial charge in [0.25, 0.3) is 0 Å². The monoisotopic (exact) mass is 260 g/mol. The second kappa shape index (κ2) is 4.97. The van der Waals surface area contributed by atoms with E-state index >= 15 is 0 Å². The van der Waals surface area contributed by atoms with Crippen LogP contribution in [0.2, 0.25) is 5.04 Å². The van der Waals surface area contributed by atoms with Gasteiger partial charge in [0.1, 0.15) is 12.2 Å². The molecule has 100 valence electrons. The molecule has 0 aromatic rings. The van der Waals surface area contributed by atoms with Crippen LogP contribution in [0.5, 0.6) is 0 Å². The van der Waals surface area contributed by atoms with Crippen molar-refractivity contribution in [3.8, 4) is 0 Å². The van der Waals surface area contributed by atoms with Crippen LogP contribution in [0.3, 0.4) is 0 Å². The average Bonchev–Trinajstić information content (AvgIpc) is 3.03. The van der Waals surface area contributed by atoms with Crippen molar-refractivity contribution in [3.05, 3.63) is 0 Å². The first-order valence-electron chi connectivity index (χ1n) is 6.42. The highest BCUT2D eigenvalue weighted by molar-refractivity contribution is 6.48. The van der Waals surface area contributed by atoms with Gasteiger partial charge >= 0.3 is 9.28 Å². The van der Waals surface area contributed by atoms with E-state index in [1.165, 1.54) is 0 Å². The Morgan fingerprint density at radius 2 is 1.35 bits per heavy atom. The predicted octanol–water partition coefficient (Wildman–Crippen LogP) is 1.61. The van der Waals surface area contributed by atoms with Gasteiger partial charge in [-0.15, -0.1) is 0 Å². The van der Waals surface area contributed by atoms with Crippen LogP contribution >= 0.6 is 0 Å². The molecule has 5 heteroatoms. The molecule has 2 heterocycles. The summed E-state index contributed by atoms with van der Waals surface area (Å²) in [6, 6.07) is 0. The van der Waals surface area contributed by atoms with Crippen LogP contribution in [0.1, 0.15) is 34.6 Å². The summed E-state index contributed by atoms with van der Waals surface area (Å²) in [5, 5.41) is 0.0896. The molecule has 0 aromatic heterocycles. The number of ether oxygens (including phenoxy) is 2. The van der Waals surface area contributed by atoms with E-state index in [9.17, 15) is 0 Å². The van der Waals surface area contributed by atoms with Crippen molar-refractivity contribution in [2.75, 3.05) is 13.2 Å². The summed E-state index contributed by atoms with van der Waals surface area (Å²) in [4.78, 5) is 0. The number of hydrogen-bond donors (Lipinski definition) is 0. The molecule has 0 amide bonds. The fourth-order valence-corrected chi connectivity index (χ4v) is 3.67. The van der Waals surface area contributed by atoms with Crippen LogP contribution in [0.25, 0.3) is 0 Å². The largest absolute Gasteiger partial charge is 0.391 e. The summed E-state index contributed by atoms with van der Waals surface area (Å²) in [5.74, 6) is 0. The van der Waals surface area contributed by atoms with Gasteiger partial charge in [-0.05, 0) is 13.8 Å². The molecule has 2 saturated heterocycles. The van der Waals surface area contributed by atoms with E-state index in [0.29, 0.717) is 0 Å². The first-order valence-corrected chi connectivity index (χ1v) is 7.94. The maximum atomic E-state index is 6.12. The van der Waals surface area contributed by atoms with Crippen molar-refractivity contribution in [2.45, 2.75) is 64.1 Å². The molecule has 0 radical (unpaired) electrons. The van der Waals surface area contributed by atoms with E-state index < -0.39 is 9.28 Å². The molecule has 17 heavy (non-hydrogen) atoms. The van der Waals surface area contributed by atoms with Gasteiger partial charge < -0.3 is 18.3 Å². The highest BCUT2D eigenvalue weighted by Gasteiger charge is 2.40. The molecule has 0 bridgehead atoms. The Hall–Kier alpha value is 0.0569. The molecule has 0 aromatic carbocycles. The molecule has 4 nitrogen and oxygen atoms in total. The summed E-state index contributed by atoms with van der Waals surface area (Å²) < 4.78 is 22.8. The van der Waals surface area contributed by atoms with Gasteiger partial charge in [0.05, 0.1) is 25.4 Å². The molecule has 2 rings (SSSR count). The normalized spacial score (nSPS) is 33.0. The summed E-state index contributed by atoms with van der Waals surface area (Å²) in [7, 11) is -1.73.